The third kappa shape index (κ3) is 7.08. The Morgan fingerprint density at radius 3 is 2.45 bits per heavy atom. The van der Waals surface area contributed by atoms with Gasteiger partial charge in [-0.2, -0.15) is 0 Å². The fraction of sp³-hybridized carbons (Fsp3) is 0.269. The second kappa shape index (κ2) is 12.6. The number of carboxylic acids is 1. The smallest absolute Gasteiger partial charge is 0.337 e. The van der Waals surface area contributed by atoms with Crippen molar-refractivity contribution in [3.63, 3.8) is 0 Å². The molecule has 1 aromatic heterocycles. The molecule has 0 saturated carbocycles. The highest BCUT2D eigenvalue weighted by molar-refractivity contribution is 7.99. The Morgan fingerprint density at radius 1 is 1.09 bits per heavy atom. The van der Waals surface area contributed by atoms with Crippen molar-refractivity contribution in [1.82, 2.24) is 4.98 Å². The molecule has 3 rings (SSSR count). The van der Waals surface area contributed by atoms with Crippen molar-refractivity contribution in [3.8, 4) is 11.5 Å². The van der Waals surface area contributed by atoms with Crippen molar-refractivity contribution in [2.45, 2.75) is 57.1 Å². The van der Waals surface area contributed by atoms with Crippen LogP contribution in [-0.4, -0.2) is 26.9 Å². The summed E-state index contributed by atoms with van der Waals surface area (Å²) in [6.07, 6.45) is 2.76. The number of ether oxygens (including phenoxy) is 1. The number of Topliss-reactive ketones (excluding diaryl/α,β-unsaturated/α-hetero) is 1. The number of aromatic carboxylic acids is 1. The predicted octanol–water partition coefficient (Wildman–Crippen LogP) is 6.40. The molecule has 0 fully saturated rings. The zero-order valence-corrected chi connectivity index (χ0v) is 20.1. The van der Waals surface area contributed by atoms with E-state index in [1.807, 2.05) is 45.0 Å². The van der Waals surface area contributed by atoms with E-state index < -0.39 is 5.97 Å². The van der Waals surface area contributed by atoms with Crippen molar-refractivity contribution < 1.29 is 24.5 Å². The number of rotatable bonds is 9. The number of carbonyl (C=O) groups excluding carboxylic acids is 1. The summed E-state index contributed by atoms with van der Waals surface area (Å²) >= 11 is 1.43. The highest BCUT2D eigenvalue weighted by Crippen LogP contribution is 2.34. The molecule has 0 radical (unpaired) electrons. The Bertz CT molecular complexity index is 1100. The fourth-order valence-corrected chi connectivity index (χ4v) is 3.92. The number of nitrogens with zero attached hydrogens (tertiary/aromatic N) is 1. The predicted molar refractivity (Wildman–Crippen MR) is 130 cm³/mol. The lowest BCUT2D eigenvalue weighted by molar-refractivity contribution is 0.0696. The van der Waals surface area contributed by atoms with Crippen LogP contribution in [0.4, 0.5) is 0 Å². The topological polar surface area (TPSA) is 96.7 Å². The molecule has 33 heavy (non-hydrogen) atoms. The molecule has 2 N–H and O–H groups in total. The summed E-state index contributed by atoms with van der Waals surface area (Å²) in [5.74, 6) is -0.635. The Labute approximate surface area is 198 Å². The van der Waals surface area contributed by atoms with Crippen molar-refractivity contribution >= 4 is 23.5 Å². The van der Waals surface area contributed by atoms with Crippen LogP contribution in [0.15, 0.2) is 64.6 Å². The lowest BCUT2D eigenvalue weighted by atomic mass is 10.0. The van der Waals surface area contributed by atoms with Crippen molar-refractivity contribution in [2.75, 3.05) is 0 Å². The molecule has 0 aliphatic rings. The van der Waals surface area contributed by atoms with E-state index in [4.69, 9.17) is 9.84 Å². The van der Waals surface area contributed by atoms with E-state index >= 15 is 0 Å². The minimum absolute atomic E-state index is 0.00737. The van der Waals surface area contributed by atoms with Gasteiger partial charge in [0.05, 0.1) is 11.1 Å². The van der Waals surface area contributed by atoms with Crippen molar-refractivity contribution in [1.29, 1.82) is 0 Å². The maximum absolute atomic E-state index is 11.7. The SMILES string of the molecule is CC.CCCc1c(OCc2cccc(Sc3ccc(C(=O)O)cn3)c2)ccc(C(C)=O)c1O. The van der Waals surface area contributed by atoms with Crippen LogP contribution in [0.5, 0.6) is 11.5 Å². The molecule has 1 heterocycles. The molecule has 3 aromatic rings. The number of aromatic hydroxyl groups is 1. The first-order valence-corrected chi connectivity index (χ1v) is 11.7. The number of hydrogen-bond donors (Lipinski definition) is 2. The summed E-state index contributed by atoms with van der Waals surface area (Å²) in [6, 6.07) is 14.3. The fourth-order valence-electron chi connectivity index (χ4n) is 3.08. The molecule has 0 amide bonds. The summed E-state index contributed by atoms with van der Waals surface area (Å²) in [7, 11) is 0. The Hall–Kier alpha value is -3.32. The second-order valence-electron chi connectivity index (χ2n) is 6.97. The van der Waals surface area contributed by atoms with E-state index in [9.17, 15) is 14.7 Å². The monoisotopic (exact) mass is 467 g/mol. The van der Waals surface area contributed by atoms with Crippen LogP contribution in [-0.2, 0) is 13.0 Å². The first kappa shape index (κ1) is 25.9. The van der Waals surface area contributed by atoms with Gasteiger partial charge < -0.3 is 14.9 Å². The average Bonchev–Trinajstić information content (AvgIpc) is 2.81. The molecule has 7 heteroatoms. The number of phenols is 1. The summed E-state index contributed by atoms with van der Waals surface area (Å²) in [4.78, 5) is 27.8. The number of pyridine rings is 1. The van der Waals surface area contributed by atoms with E-state index in [0.29, 0.717) is 34.9 Å². The minimum atomic E-state index is -1.01. The van der Waals surface area contributed by atoms with Crippen LogP contribution in [0, 0.1) is 0 Å². The summed E-state index contributed by atoms with van der Waals surface area (Å²) in [5.41, 5.74) is 2.03. The first-order valence-electron chi connectivity index (χ1n) is 10.8. The van der Waals surface area contributed by atoms with E-state index in [-0.39, 0.29) is 17.1 Å². The average molecular weight is 468 g/mol. The maximum Gasteiger partial charge on any atom is 0.337 e. The first-order chi connectivity index (χ1) is 15.9. The molecule has 0 saturated heterocycles. The highest BCUT2D eigenvalue weighted by atomic mass is 32.2. The molecule has 2 aromatic carbocycles. The molecular weight excluding hydrogens is 438 g/mol. The van der Waals surface area contributed by atoms with E-state index in [2.05, 4.69) is 4.98 Å². The summed E-state index contributed by atoms with van der Waals surface area (Å²) < 4.78 is 5.98. The minimum Gasteiger partial charge on any atom is -0.507 e. The zero-order valence-electron chi connectivity index (χ0n) is 19.3. The van der Waals surface area contributed by atoms with Crippen LogP contribution in [0.25, 0.3) is 0 Å². The number of phenolic OH excluding ortho intramolecular Hbond substituents is 1. The lowest BCUT2D eigenvalue weighted by Gasteiger charge is -2.15. The summed E-state index contributed by atoms with van der Waals surface area (Å²) in [6.45, 7) is 7.73. The number of carboxylic acid groups (broad SMARTS) is 1. The van der Waals surface area contributed by atoms with Gasteiger partial charge in [0.25, 0.3) is 0 Å². The second-order valence-corrected chi connectivity index (χ2v) is 8.07. The molecule has 174 valence electrons. The van der Waals surface area contributed by atoms with Gasteiger partial charge in [0, 0.05) is 16.7 Å². The number of hydrogen-bond acceptors (Lipinski definition) is 6. The van der Waals surface area contributed by atoms with Gasteiger partial charge in [-0.15, -0.1) is 0 Å². The number of benzene rings is 2. The van der Waals surface area contributed by atoms with Crippen molar-refractivity contribution in [3.05, 3.63) is 77.0 Å². The molecule has 6 nitrogen and oxygen atoms in total. The third-order valence-electron chi connectivity index (χ3n) is 4.62. The normalized spacial score (nSPS) is 10.2. The van der Waals surface area contributed by atoms with E-state index in [1.54, 1.807) is 18.2 Å². The molecule has 0 bridgehead atoms. The Balaban J connectivity index is 0.00000187. The quantitative estimate of drug-likeness (QED) is 0.352. The number of ketones is 1. The van der Waals surface area contributed by atoms with Gasteiger partial charge in [-0.3, -0.25) is 4.79 Å². The van der Waals surface area contributed by atoms with Crippen LogP contribution in [0.3, 0.4) is 0 Å². The Morgan fingerprint density at radius 2 is 1.85 bits per heavy atom. The largest absolute Gasteiger partial charge is 0.507 e. The molecule has 0 atom stereocenters. The number of aromatic nitrogens is 1. The van der Waals surface area contributed by atoms with Gasteiger partial charge in [0.1, 0.15) is 23.1 Å². The van der Waals surface area contributed by atoms with Gasteiger partial charge in [-0.05, 0) is 55.3 Å². The van der Waals surface area contributed by atoms with Gasteiger partial charge in [-0.1, -0.05) is 51.1 Å². The van der Waals surface area contributed by atoms with Crippen LogP contribution in [0.1, 0.15) is 66.0 Å². The van der Waals surface area contributed by atoms with Gasteiger partial charge in [-0.25, -0.2) is 9.78 Å². The van der Waals surface area contributed by atoms with Gasteiger partial charge in [0.15, 0.2) is 5.78 Å². The lowest BCUT2D eigenvalue weighted by Crippen LogP contribution is -2.02. The zero-order chi connectivity index (χ0) is 24.4. The molecule has 0 aliphatic heterocycles. The molecule has 0 spiro atoms. The van der Waals surface area contributed by atoms with Gasteiger partial charge >= 0.3 is 5.97 Å². The van der Waals surface area contributed by atoms with Crippen LogP contribution in [0.2, 0.25) is 0 Å². The maximum atomic E-state index is 11.7. The molecule has 0 aliphatic carbocycles. The highest BCUT2D eigenvalue weighted by Gasteiger charge is 2.16. The van der Waals surface area contributed by atoms with Gasteiger partial charge in [0.2, 0.25) is 0 Å². The van der Waals surface area contributed by atoms with Crippen molar-refractivity contribution in [2.24, 2.45) is 0 Å². The van der Waals surface area contributed by atoms with Crippen LogP contribution >= 0.6 is 11.8 Å². The third-order valence-corrected chi connectivity index (χ3v) is 5.56. The number of carbonyl (C=O) groups is 2. The van der Waals surface area contributed by atoms with E-state index in [0.717, 1.165) is 16.9 Å². The van der Waals surface area contributed by atoms with Crippen LogP contribution < -0.4 is 4.74 Å². The molecule has 0 unspecified atom stereocenters. The summed E-state index contributed by atoms with van der Waals surface area (Å²) in [5, 5.41) is 20.1. The molecular formula is C26H29NO5S. The standard InChI is InChI=1S/C24H23NO5S.C2H6/c1-3-5-20-21(10-9-19(15(2)26)23(20)27)30-14-16-6-4-7-18(12-16)31-22-11-8-17(13-25-22)24(28)29;1-2/h4,6-13,27H,3,5,14H2,1-2H3,(H,28,29);1-2H3. The van der Waals surface area contributed by atoms with E-state index in [1.165, 1.54) is 30.9 Å². The Kier molecular flexibility index (Phi) is 9.94.